The molecule has 9 nitrogen and oxygen atoms in total. The van der Waals surface area contributed by atoms with Crippen molar-refractivity contribution >= 4 is 29.6 Å². The van der Waals surface area contributed by atoms with Crippen molar-refractivity contribution < 1.29 is 23.9 Å². The van der Waals surface area contributed by atoms with Crippen molar-refractivity contribution in [3.05, 3.63) is 52.6 Å². The molecule has 30 heavy (non-hydrogen) atoms. The number of methoxy groups -OCH3 is 2. The summed E-state index contributed by atoms with van der Waals surface area (Å²) in [5, 5.41) is 3.28. The Morgan fingerprint density at radius 3 is 2.67 bits per heavy atom. The summed E-state index contributed by atoms with van der Waals surface area (Å²) in [6, 6.07) is 5.30. The van der Waals surface area contributed by atoms with E-state index in [-0.39, 0.29) is 12.8 Å². The van der Waals surface area contributed by atoms with Gasteiger partial charge >= 0.3 is 18.0 Å². The number of urea groups is 1. The first-order valence-corrected chi connectivity index (χ1v) is 9.81. The van der Waals surface area contributed by atoms with Gasteiger partial charge in [-0.2, -0.15) is 0 Å². The van der Waals surface area contributed by atoms with Crippen LogP contribution in [0.1, 0.15) is 35.8 Å². The number of H-pyrrole nitrogens is 1. The molecule has 3 rings (SSSR count). The maximum atomic E-state index is 13.2. The molecular formula is C20H23ClN4O5. The number of fused-ring (bicyclic) bond motifs is 1. The van der Waals surface area contributed by atoms with E-state index in [1.54, 1.807) is 23.4 Å². The Balaban J connectivity index is 1.84. The zero-order valence-electron chi connectivity index (χ0n) is 16.7. The average molecular weight is 435 g/mol. The molecule has 0 saturated heterocycles. The molecule has 0 saturated carbocycles. The average Bonchev–Trinajstić information content (AvgIpc) is 3.24. The first kappa shape index (κ1) is 21.6. The normalized spacial score (nSPS) is 16.4. The van der Waals surface area contributed by atoms with E-state index in [1.807, 2.05) is 12.1 Å². The molecule has 0 aliphatic carbocycles. The maximum Gasteiger partial charge on any atom is 0.328 e. The summed E-state index contributed by atoms with van der Waals surface area (Å²) in [6.45, 7) is 0.416. The van der Waals surface area contributed by atoms with Crippen LogP contribution in [0.25, 0.3) is 0 Å². The van der Waals surface area contributed by atoms with Crippen molar-refractivity contribution in [3.63, 3.8) is 0 Å². The van der Waals surface area contributed by atoms with Crippen molar-refractivity contribution in [1.82, 2.24) is 20.2 Å². The summed E-state index contributed by atoms with van der Waals surface area (Å²) in [5.41, 5.74) is 2.53. The largest absolute Gasteiger partial charge is 0.469 e. The van der Waals surface area contributed by atoms with Gasteiger partial charge in [0.05, 0.1) is 26.2 Å². The van der Waals surface area contributed by atoms with Crippen molar-refractivity contribution in [2.75, 3.05) is 20.8 Å². The van der Waals surface area contributed by atoms with E-state index in [1.165, 1.54) is 14.2 Å². The maximum absolute atomic E-state index is 13.2. The van der Waals surface area contributed by atoms with Crippen molar-refractivity contribution in [2.24, 2.45) is 0 Å². The van der Waals surface area contributed by atoms with E-state index < -0.39 is 30.1 Å². The van der Waals surface area contributed by atoms with Crippen LogP contribution in [0, 0.1) is 0 Å². The third-order valence-electron chi connectivity index (χ3n) is 5.02. The molecule has 1 aromatic carbocycles. The summed E-state index contributed by atoms with van der Waals surface area (Å²) >= 11 is 6.02. The highest BCUT2D eigenvalue weighted by Gasteiger charge is 2.35. The van der Waals surface area contributed by atoms with Gasteiger partial charge in [-0.25, -0.2) is 14.6 Å². The fourth-order valence-corrected chi connectivity index (χ4v) is 3.59. The third-order valence-corrected chi connectivity index (χ3v) is 5.27. The van der Waals surface area contributed by atoms with E-state index in [4.69, 9.17) is 16.3 Å². The standard InChI is InChI=1S/C20H23ClN4O5/c1-29-16(26)8-7-15(19(27)30-2)24-20(28)25-10-9-14-17(23-11-22-14)18(25)12-3-5-13(21)6-4-12/h3-6,11,15,18H,7-10H2,1-2H3,(H,22,23)(H,24,28)/t15-,18?/m0/s1. The number of carbonyl (C=O) groups is 3. The number of nitrogens with one attached hydrogen (secondary N) is 2. The van der Waals surface area contributed by atoms with Crippen LogP contribution in [0.2, 0.25) is 5.02 Å². The van der Waals surface area contributed by atoms with Gasteiger partial charge < -0.3 is 24.7 Å². The van der Waals surface area contributed by atoms with E-state index in [9.17, 15) is 14.4 Å². The Labute approximate surface area is 178 Å². The predicted molar refractivity (Wildman–Crippen MR) is 108 cm³/mol. The van der Waals surface area contributed by atoms with Crippen LogP contribution in [-0.4, -0.2) is 59.6 Å². The molecule has 1 aliphatic rings. The molecule has 2 N–H and O–H groups in total. The van der Waals surface area contributed by atoms with E-state index in [0.29, 0.717) is 18.0 Å². The zero-order chi connectivity index (χ0) is 21.7. The van der Waals surface area contributed by atoms with Gasteiger partial charge in [0.1, 0.15) is 12.1 Å². The van der Waals surface area contributed by atoms with Gasteiger partial charge in [-0.05, 0) is 24.1 Å². The highest BCUT2D eigenvalue weighted by Crippen LogP contribution is 2.33. The summed E-state index contributed by atoms with van der Waals surface area (Å²) in [7, 11) is 2.49. The number of aromatic amines is 1. The van der Waals surface area contributed by atoms with Crippen LogP contribution in [0.4, 0.5) is 4.79 Å². The van der Waals surface area contributed by atoms with Crippen molar-refractivity contribution in [1.29, 1.82) is 0 Å². The molecular weight excluding hydrogens is 412 g/mol. The molecule has 2 heterocycles. The quantitative estimate of drug-likeness (QED) is 0.674. The molecule has 0 fully saturated rings. The molecule has 2 amide bonds. The van der Waals surface area contributed by atoms with Crippen LogP contribution < -0.4 is 5.32 Å². The first-order chi connectivity index (χ1) is 14.4. The minimum Gasteiger partial charge on any atom is -0.469 e. The monoisotopic (exact) mass is 434 g/mol. The molecule has 2 aromatic rings. The fraction of sp³-hybridized carbons (Fsp3) is 0.400. The number of hydrogen-bond acceptors (Lipinski definition) is 6. The second-order valence-corrected chi connectivity index (χ2v) is 7.24. The topological polar surface area (TPSA) is 114 Å². The van der Waals surface area contributed by atoms with E-state index in [0.717, 1.165) is 17.0 Å². The van der Waals surface area contributed by atoms with Crippen molar-refractivity contribution in [3.8, 4) is 0 Å². The molecule has 1 unspecified atom stereocenters. The Kier molecular flexibility index (Phi) is 6.94. The summed E-state index contributed by atoms with van der Waals surface area (Å²) in [5.74, 6) is -1.11. The number of hydrogen-bond donors (Lipinski definition) is 2. The van der Waals surface area contributed by atoms with Gasteiger partial charge in [0.2, 0.25) is 0 Å². The van der Waals surface area contributed by atoms with Crippen LogP contribution >= 0.6 is 11.6 Å². The minimum atomic E-state index is -0.979. The van der Waals surface area contributed by atoms with Crippen LogP contribution in [0.5, 0.6) is 0 Å². The predicted octanol–water partition coefficient (Wildman–Crippen LogP) is 2.21. The van der Waals surface area contributed by atoms with Crippen LogP contribution in [-0.2, 0) is 25.5 Å². The number of halogens is 1. The number of nitrogens with zero attached hydrogens (tertiary/aromatic N) is 2. The lowest BCUT2D eigenvalue weighted by Crippen LogP contribution is -2.51. The van der Waals surface area contributed by atoms with Crippen molar-refractivity contribution in [2.45, 2.75) is 31.3 Å². The molecule has 1 aromatic heterocycles. The summed E-state index contributed by atoms with van der Waals surface area (Å²) in [6.07, 6.45) is 2.24. The second-order valence-electron chi connectivity index (χ2n) is 6.80. The smallest absolute Gasteiger partial charge is 0.328 e. The van der Waals surface area contributed by atoms with Gasteiger partial charge in [-0.15, -0.1) is 0 Å². The minimum absolute atomic E-state index is 0.0271. The lowest BCUT2D eigenvalue weighted by Gasteiger charge is -2.36. The molecule has 1 aliphatic heterocycles. The highest BCUT2D eigenvalue weighted by atomic mass is 35.5. The number of amides is 2. The molecule has 0 radical (unpaired) electrons. The van der Waals surface area contributed by atoms with Gasteiger partial charge in [0.25, 0.3) is 0 Å². The van der Waals surface area contributed by atoms with Gasteiger partial charge in [0.15, 0.2) is 0 Å². The molecule has 10 heteroatoms. The molecule has 0 bridgehead atoms. The number of carbonyl (C=O) groups excluding carboxylic acids is 3. The van der Waals surface area contributed by atoms with Crippen LogP contribution in [0.15, 0.2) is 30.6 Å². The Hall–Kier alpha value is -3.07. The lowest BCUT2D eigenvalue weighted by atomic mass is 9.96. The number of rotatable bonds is 6. The van der Waals surface area contributed by atoms with E-state index in [2.05, 4.69) is 20.0 Å². The summed E-state index contributed by atoms with van der Waals surface area (Å²) in [4.78, 5) is 45.9. The SMILES string of the molecule is COC(=O)CC[C@H](NC(=O)N1CCc2[nH]cnc2C1c1ccc(Cl)cc1)C(=O)OC. The second kappa shape index (κ2) is 9.62. The summed E-state index contributed by atoms with van der Waals surface area (Å²) < 4.78 is 9.39. The number of aromatic nitrogens is 2. The van der Waals surface area contributed by atoms with E-state index >= 15 is 0 Å². The Morgan fingerprint density at radius 1 is 1.27 bits per heavy atom. The molecule has 0 spiro atoms. The van der Waals surface area contributed by atoms with Gasteiger partial charge in [0, 0.05) is 30.1 Å². The Bertz CT molecular complexity index is 914. The molecule has 2 atom stereocenters. The first-order valence-electron chi connectivity index (χ1n) is 9.44. The number of ether oxygens (including phenoxy) is 2. The fourth-order valence-electron chi connectivity index (χ4n) is 3.47. The highest BCUT2D eigenvalue weighted by molar-refractivity contribution is 6.30. The number of esters is 2. The Morgan fingerprint density at radius 2 is 2.00 bits per heavy atom. The third kappa shape index (κ3) is 4.73. The van der Waals surface area contributed by atoms with Gasteiger partial charge in [-0.3, -0.25) is 4.79 Å². The number of imidazole rings is 1. The van der Waals surface area contributed by atoms with Gasteiger partial charge in [-0.1, -0.05) is 23.7 Å². The lowest BCUT2D eigenvalue weighted by molar-refractivity contribution is -0.144. The zero-order valence-corrected chi connectivity index (χ0v) is 17.4. The number of benzene rings is 1. The molecule has 160 valence electrons. The van der Waals surface area contributed by atoms with Crippen LogP contribution in [0.3, 0.4) is 0 Å².